The molecular formula is C13H27NO. The molecule has 1 rings (SSSR count). The third kappa shape index (κ3) is 5.53. The molecule has 0 aromatic rings. The molecule has 90 valence electrons. The van der Waals surface area contributed by atoms with Gasteiger partial charge in [-0.2, -0.15) is 0 Å². The molecule has 0 spiro atoms. The zero-order valence-electron chi connectivity index (χ0n) is 10.6. The van der Waals surface area contributed by atoms with E-state index in [0.29, 0.717) is 12.2 Å². The second kappa shape index (κ2) is 7.24. The molecule has 0 aliphatic heterocycles. The van der Waals surface area contributed by atoms with E-state index in [0.717, 1.165) is 19.0 Å². The molecule has 0 bridgehead atoms. The van der Waals surface area contributed by atoms with Gasteiger partial charge in [-0.05, 0) is 38.6 Å². The SMILES string of the molecule is CCCNCC(C)OC1CCCC(C)C1. The van der Waals surface area contributed by atoms with Gasteiger partial charge in [0.05, 0.1) is 12.2 Å². The van der Waals surface area contributed by atoms with E-state index in [-0.39, 0.29) is 0 Å². The maximum Gasteiger partial charge on any atom is 0.0675 e. The molecule has 0 aromatic carbocycles. The number of nitrogens with one attached hydrogen (secondary N) is 1. The number of rotatable bonds is 6. The highest BCUT2D eigenvalue weighted by atomic mass is 16.5. The van der Waals surface area contributed by atoms with Crippen molar-refractivity contribution in [1.82, 2.24) is 5.32 Å². The van der Waals surface area contributed by atoms with E-state index in [4.69, 9.17) is 4.74 Å². The lowest BCUT2D eigenvalue weighted by Gasteiger charge is -2.29. The first-order valence-corrected chi connectivity index (χ1v) is 6.58. The Labute approximate surface area is 94.8 Å². The van der Waals surface area contributed by atoms with Gasteiger partial charge >= 0.3 is 0 Å². The van der Waals surface area contributed by atoms with Crippen LogP contribution in [0.15, 0.2) is 0 Å². The molecule has 15 heavy (non-hydrogen) atoms. The molecule has 3 unspecified atom stereocenters. The minimum atomic E-state index is 0.367. The van der Waals surface area contributed by atoms with Crippen molar-refractivity contribution in [3.8, 4) is 0 Å². The van der Waals surface area contributed by atoms with E-state index in [2.05, 4.69) is 26.1 Å². The van der Waals surface area contributed by atoms with Crippen LogP contribution in [0, 0.1) is 5.92 Å². The van der Waals surface area contributed by atoms with Gasteiger partial charge in [0.2, 0.25) is 0 Å². The molecule has 1 N–H and O–H groups in total. The highest BCUT2D eigenvalue weighted by molar-refractivity contribution is 4.72. The zero-order chi connectivity index (χ0) is 11.1. The fourth-order valence-electron chi connectivity index (χ4n) is 2.36. The molecule has 2 heteroatoms. The predicted octanol–water partition coefficient (Wildman–Crippen LogP) is 2.97. The summed E-state index contributed by atoms with van der Waals surface area (Å²) in [6.45, 7) is 8.83. The summed E-state index contributed by atoms with van der Waals surface area (Å²) in [6.07, 6.45) is 7.36. The second-order valence-corrected chi connectivity index (χ2v) is 5.04. The molecule has 1 aliphatic carbocycles. The Morgan fingerprint density at radius 2 is 2.20 bits per heavy atom. The summed E-state index contributed by atoms with van der Waals surface area (Å²) in [4.78, 5) is 0. The average molecular weight is 213 g/mol. The lowest BCUT2D eigenvalue weighted by Crippen LogP contribution is -2.32. The van der Waals surface area contributed by atoms with Gasteiger partial charge in [-0.25, -0.2) is 0 Å². The van der Waals surface area contributed by atoms with E-state index < -0.39 is 0 Å². The van der Waals surface area contributed by atoms with Gasteiger partial charge in [0.1, 0.15) is 0 Å². The zero-order valence-corrected chi connectivity index (χ0v) is 10.6. The molecule has 0 radical (unpaired) electrons. The van der Waals surface area contributed by atoms with Gasteiger partial charge in [0, 0.05) is 6.54 Å². The second-order valence-electron chi connectivity index (χ2n) is 5.04. The molecule has 0 saturated heterocycles. The normalized spacial score (nSPS) is 29.0. The van der Waals surface area contributed by atoms with Gasteiger partial charge in [-0.1, -0.05) is 26.7 Å². The van der Waals surface area contributed by atoms with Crippen LogP contribution in [-0.4, -0.2) is 25.3 Å². The molecule has 1 aliphatic rings. The van der Waals surface area contributed by atoms with Crippen molar-refractivity contribution in [2.45, 2.75) is 65.1 Å². The highest BCUT2D eigenvalue weighted by Gasteiger charge is 2.20. The standard InChI is InChI=1S/C13H27NO/c1-4-8-14-10-12(3)15-13-7-5-6-11(2)9-13/h11-14H,4-10H2,1-3H3. The van der Waals surface area contributed by atoms with Gasteiger partial charge in [-0.15, -0.1) is 0 Å². The van der Waals surface area contributed by atoms with Crippen molar-refractivity contribution >= 4 is 0 Å². The molecule has 2 nitrogen and oxygen atoms in total. The van der Waals surface area contributed by atoms with Crippen LogP contribution >= 0.6 is 0 Å². The summed E-state index contributed by atoms with van der Waals surface area (Å²) in [5, 5.41) is 3.41. The maximum absolute atomic E-state index is 6.05. The molecule has 0 heterocycles. The highest BCUT2D eigenvalue weighted by Crippen LogP contribution is 2.26. The number of hydrogen-bond acceptors (Lipinski definition) is 2. The van der Waals surface area contributed by atoms with Gasteiger partial charge < -0.3 is 10.1 Å². The minimum Gasteiger partial charge on any atom is -0.374 e. The van der Waals surface area contributed by atoms with Crippen LogP contribution in [0.4, 0.5) is 0 Å². The first kappa shape index (κ1) is 13.0. The molecule has 0 aromatic heterocycles. The summed E-state index contributed by atoms with van der Waals surface area (Å²) in [5.41, 5.74) is 0. The molecule has 1 saturated carbocycles. The lowest BCUT2D eigenvalue weighted by molar-refractivity contribution is -0.0291. The molecule has 0 amide bonds. The van der Waals surface area contributed by atoms with E-state index in [1.807, 2.05) is 0 Å². The van der Waals surface area contributed by atoms with Crippen molar-refractivity contribution < 1.29 is 4.74 Å². The van der Waals surface area contributed by atoms with E-state index in [9.17, 15) is 0 Å². The maximum atomic E-state index is 6.05. The van der Waals surface area contributed by atoms with Crippen molar-refractivity contribution in [2.75, 3.05) is 13.1 Å². The third-order valence-electron chi connectivity index (χ3n) is 3.17. The van der Waals surface area contributed by atoms with E-state index in [1.54, 1.807) is 0 Å². The average Bonchev–Trinajstić information content (AvgIpc) is 2.18. The van der Waals surface area contributed by atoms with Gasteiger partial charge in [0.15, 0.2) is 0 Å². The Balaban J connectivity index is 2.10. The minimum absolute atomic E-state index is 0.367. The lowest BCUT2D eigenvalue weighted by atomic mass is 9.88. The van der Waals surface area contributed by atoms with E-state index >= 15 is 0 Å². The van der Waals surface area contributed by atoms with Crippen LogP contribution in [-0.2, 0) is 4.74 Å². The van der Waals surface area contributed by atoms with Crippen molar-refractivity contribution in [3.63, 3.8) is 0 Å². The van der Waals surface area contributed by atoms with Crippen LogP contribution in [0.5, 0.6) is 0 Å². The first-order valence-electron chi connectivity index (χ1n) is 6.58. The Hall–Kier alpha value is -0.0800. The summed E-state index contributed by atoms with van der Waals surface area (Å²) >= 11 is 0. The van der Waals surface area contributed by atoms with Crippen LogP contribution in [0.3, 0.4) is 0 Å². The van der Waals surface area contributed by atoms with Crippen LogP contribution in [0.25, 0.3) is 0 Å². The predicted molar refractivity (Wildman–Crippen MR) is 65.1 cm³/mol. The van der Waals surface area contributed by atoms with Crippen LogP contribution in [0.2, 0.25) is 0 Å². The number of hydrogen-bond donors (Lipinski definition) is 1. The summed E-state index contributed by atoms with van der Waals surface area (Å²) in [7, 11) is 0. The van der Waals surface area contributed by atoms with Crippen LogP contribution < -0.4 is 5.32 Å². The van der Waals surface area contributed by atoms with Crippen molar-refractivity contribution in [2.24, 2.45) is 5.92 Å². The fourth-order valence-corrected chi connectivity index (χ4v) is 2.36. The summed E-state index contributed by atoms with van der Waals surface area (Å²) in [6, 6.07) is 0. The van der Waals surface area contributed by atoms with Gasteiger partial charge in [-0.3, -0.25) is 0 Å². The Morgan fingerprint density at radius 3 is 2.87 bits per heavy atom. The molecule has 1 fully saturated rings. The summed E-state index contributed by atoms with van der Waals surface area (Å²) < 4.78 is 6.05. The van der Waals surface area contributed by atoms with Crippen LogP contribution in [0.1, 0.15) is 52.9 Å². The first-order chi connectivity index (χ1) is 7.22. The summed E-state index contributed by atoms with van der Waals surface area (Å²) in [5.74, 6) is 0.861. The Bertz CT molecular complexity index is 161. The quantitative estimate of drug-likeness (QED) is 0.685. The third-order valence-corrected chi connectivity index (χ3v) is 3.17. The van der Waals surface area contributed by atoms with Gasteiger partial charge in [0.25, 0.3) is 0 Å². The Kier molecular flexibility index (Phi) is 6.26. The number of ether oxygens (including phenoxy) is 1. The fraction of sp³-hybridized carbons (Fsp3) is 1.00. The molecule has 3 atom stereocenters. The monoisotopic (exact) mass is 213 g/mol. The van der Waals surface area contributed by atoms with E-state index in [1.165, 1.54) is 32.1 Å². The smallest absolute Gasteiger partial charge is 0.0675 e. The molecular weight excluding hydrogens is 186 g/mol. The Morgan fingerprint density at radius 1 is 1.40 bits per heavy atom. The largest absolute Gasteiger partial charge is 0.374 e. The van der Waals surface area contributed by atoms with Crippen molar-refractivity contribution in [3.05, 3.63) is 0 Å². The topological polar surface area (TPSA) is 21.3 Å². The van der Waals surface area contributed by atoms with Crippen molar-refractivity contribution in [1.29, 1.82) is 0 Å².